The molecule has 1 aromatic heterocycles. The van der Waals surface area contributed by atoms with Crippen LogP contribution in [0.15, 0.2) is 71.5 Å². The highest BCUT2D eigenvalue weighted by atomic mass is 16.5. The number of aromatic carboxylic acids is 1. The van der Waals surface area contributed by atoms with Crippen LogP contribution < -0.4 is 26.2 Å². The Bertz CT molecular complexity index is 1550. The highest BCUT2D eigenvalue weighted by molar-refractivity contribution is 5.95. The van der Waals surface area contributed by atoms with Crippen LogP contribution in [0.2, 0.25) is 0 Å². The maximum atomic E-state index is 13.0. The molecule has 0 radical (unpaired) electrons. The zero-order chi connectivity index (χ0) is 28.6. The van der Waals surface area contributed by atoms with Crippen molar-refractivity contribution >= 4 is 17.5 Å². The molecule has 12 nitrogen and oxygen atoms in total. The van der Waals surface area contributed by atoms with Crippen LogP contribution in [0.5, 0.6) is 11.5 Å². The number of anilines is 1. The Labute approximate surface area is 229 Å². The molecule has 1 atom stereocenters. The van der Waals surface area contributed by atoms with Gasteiger partial charge in [0, 0.05) is 18.4 Å². The largest absolute Gasteiger partial charge is 0.490 e. The summed E-state index contributed by atoms with van der Waals surface area (Å²) in [6.45, 7) is 2.99. The van der Waals surface area contributed by atoms with E-state index in [1.807, 2.05) is 13.0 Å². The second-order valence-electron chi connectivity index (χ2n) is 8.60. The molecule has 0 aliphatic rings. The number of carboxylic acid groups (broad SMARTS) is 1. The molecule has 1 heterocycles. The Morgan fingerprint density at radius 1 is 1.10 bits per heavy atom. The number of aromatic nitrogens is 3. The molecule has 0 aliphatic heterocycles. The van der Waals surface area contributed by atoms with Gasteiger partial charge in [0.1, 0.15) is 18.5 Å². The number of ether oxygens (including phenoxy) is 3. The lowest BCUT2D eigenvalue weighted by Crippen LogP contribution is -2.18. The summed E-state index contributed by atoms with van der Waals surface area (Å²) in [5, 5.41) is 25.1. The van der Waals surface area contributed by atoms with E-state index in [9.17, 15) is 14.7 Å². The summed E-state index contributed by atoms with van der Waals surface area (Å²) in [5.41, 5.74) is 6.95. The lowest BCUT2D eigenvalue weighted by molar-refractivity contribution is 0.0696. The third-order valence-electron chi connectivity index (χ3n) is 5.92. The van der Waals surface area contributed by atoms with Gasteiger partial charge >= 0.3 is 11.7 Å². The molecule has 0 saturated heterocycles. The van der Waals surface area contributed by atoms with Gasteiger partial charge < -0.3 is 30.4 Å². The zero-order valence-corrected chi connectivity index (χ0v) is 22.0. The Balaban J connectivity index is 1.79. The quantitative estimate of drug-likeness (QED) is 0.0957. The number of nitrogens with two attached hydrogens (primary N) is 1. The molecule has 0 aliphatic carbocycles. The minimum Gasteiger partial charge on any atom is -0.490 e. The molecule has 0 fully saturated rings. The van der Waals surface area contributed by atoms with Crippen LogP contribution in [0.1, 0.15) is 40.3 Å². The molecular weight excluding hydrogens is 516 g/mol. The zero-order valence-electron chi connectivity index (χ0n) is 22.0. The number of amidine groups is 1. The van der Waals surface area contributed by atoms with Gasteiger partial charge in [-0.05, 0) is 61.0 Å². The number of hydrogen-bond acceptors (Lipinski definition) is 8. The Morgan fingerprint density at radius 2 is 1.85 bits per heavy atom. The summed E-state index contributed by atoms with van der Waals surface area (Å²) in [6, 6.07) is 17.7. The van der Waals surface area contributed by atoms with Crippen LogP contribution in [-0.4, -0.2) is 58.6 Å². The van der Waals surface area contributed by atoms with E-state index in [1.54, 1.807) is 55.6 Å². The minimum absolute atomic E-state index is 0.0614. The first-order valence-electron chi connectivity index (χ1n) is 12.4. The van der Waals surface area contributed by atoms with E-state index in [1.165, 1.54) is 12.1 Å². The average molecular weight is 547 g/mol. The lowest BCUT2D eigenvalue weighted by atomic mass is 10.0. The number of nitrogens with zero attached hydrogens (tertiary/aromatic N) is 2. The molecule has 0 bridgehead atoms. The van der Waals surface area contributed by atoms with Gasteiger partial charge in [0.2, 0.25) is 0 Å². The van der Waals surface area contributed by atoms with Crippen LogP contribution in [0.3, 0.4) is 0 Å². The van der Waals surface area contributed by atoms with Crippen molar-refractivity contribution in [1.29, 1.82) is 5.41 Å². The van der Waals surface area contributed by atoms with Gasteiger partial charge in [-0.2, -0.15) is 4.68 Å². The van der Waals surface area contributed by atoms with Crippen molar-refractivity contribution < 1.29 is 24.1 Å². The van der Waals surface area contributed by atoms with Crippen molar-refractivity contribution in [2.24, 2.45) is 5.73 Å². The first-order chi connectivity index (χ1) is 19.3. The van der Waals surface area contributed by atoms with Crippen molar-refractivity contribution in [3.63, 3.8) is 0 Å². The van der Waals surface area contributed by atoms with Crippen LogP contribution in [-0.2, 0) is 4.74 Å². The number of nitrogen functional groups attached to an aromatic ring is 1. The van der Waals surface area contributed by atoms with Gasteiger partial charge in [0.05, 0.1) is 24.5 Å². The first kappa shape index (κ1) is 27.9. The van der Waals surface area contributed by atoms with Crippen LogP contribution in [0.25, 0.3) is 5.69 Å². The smallest absolute Gasteiger partial charge is 0.348 e. The average Bonchev–Trinajstić information content (AvgIpc) is 3.34. The molecule has 4 aromatic rings. The van der Waals surface area contributed by atoms with Gasteiger partial charge in [-0.15, -0.1) is 5.10 Å². The summed E-state index contributed by atoms with van der Waals surface area (Å²) in [6.07, 6.45) is 0. The maximum Gasteiger partial charge on any atom is 0.348 e. The van der Waals surface area contributed by atoms with Crippen LogP contribution in [0.4, 0.5) is 5.69 Å². The number of nitrogens with one attached hydrogen (secondary N) is 3. The molecule has 208 valence electrons. The van der Waals surface area contributed by atoms with E-state index in [4.69, 9.17) is 25.4 Å². The fraction of sp³-hybridized carbons (Fsp3) is 0.214. The third kappa shape index (κ3) is 6.30. The number of carbonyl (C=O) groups is 1. The van der Waals surface area contributed by atoms with Crippen LogP contribution in [0, 0.1) is 5.41 Å². The van der Waals surface area contributed by atoms with E-state index in [2.05, 4.69) is 15.4 Å². The number of benzene rings is 3. The molecule has 12 heteroatoms. The highest BCUT2D eigenvalue weighted by Crippen LogP contribution is 2.34. The van der Waals surface area contributed by atoms with Crippen molar-refractivity contribution in [3.05, 3.63) is 99.7 Å². The summed E-state index contributed by atoms with van der Waals surface area (Å²) in [5.74, 6) is 0.0113. The lowest BCUT2D eigenvalue weighted by Gasteiger charge is -2.20. The van der Waals surface area contributed by atoms with E-state index < -0.39 is 17.7 Å². The fourth-order valence-corrected chi connectivity index (χ4v) is 4.02. The number of para-hydroxylation sites is 1. The number of aromatic amines is 1. The topological polar surface area (TPSA) is 178 Å². The van der Waals surface area contributed by atoms with Gasteiger partial charge in [0.15, 0.2) is 17.3 Å². The normalized spacial score (nSPS) is 11.6. The Hall–Kier alpha value is -5.10. The minimum atomic E-state index is -1.18. The summed E-state index contributed by atoms with van der Waals surface area (Å²) in [7, 11) is 1.59. The second-order valence-corrected chi connectivity index (χ2v) is 8.60. The predicted molar refractivity (Wildman–Crippen MR) is 149 cm³/mol. The van der Waals surface area contributed by atoms with E-state index in [-0.39, 0.29) is 22.9 Å². The molecule has 3 aromatic carbocycles. The monoisotopic (exact) mass is 546 g/mol. The summed E-state index contributed by atoms with van der Waals surface area (Å²) < 4.78 is 17.7. The van der Waals surface area contributed by atoms with Gasteiger partial charge in [-0.3, -0.25) is 10.4 Å². The van der Waals surface area contributed by atoms with E-state index in [0.29, 0.717) is 48.1 Å². The SMILES string of the molecule is CCOc1cc(C(Nc2ccc(C(=N)N)cc2)c2nn(-c3ccccc3C(=O)O)c(=O)[nH]2)ccc1OCCOC. The molecule has 0 saturated carbocycles. The standard InChI is InChI=1S/C28H30N6O6/c1-3-39-23-16-18(10-13-22(23)40-15-14-38-2)24(31-19-11-8-17(9-12-19)25(29)30)26-32-28(37)34(33-26)21-7-5-4-6-20(21)27(35)36/h4-13,16,24,31H,3,14-15H2,1-2H3,(H3,29,30)(H,35,36)(H,32,33,37). The number of carboxylic acids is 1. The molecule has 0 spiro atoms. The molecule has 4 rings (SSSR count). The van der Waals surface area contributed by atoms with Gasteiger partial charge in [-0.25, -0.2) is 9.59 Å². The summed E-state index contributed by atoms with van der Waals surface area (Å²) >= 11 is 0. The number of methoxy groups -OCH3 is 1. The predicted octanol–water partition coefficient (Wildman–Crippen LogP) is 3.17. The van der Waals surface area contributed by atoms with Gasteiger partial charge in [-0.1, -0.05) is 18.2 Å². The van der Waals surface area contributed by atoms with Crippen LogP contribution >= 0.6 is 0 Å². The fourth-order valence-electron chi connectivity index (χ4n) is 4.02. The molecule has 0 amide bonds. The third-order valence-corrected chi connectivity index (χ3v) is 5.92. The molecule has 6 N–H and O–H groups in total. The molecule has 1 unspecified atom stereocenters. The van der Waals surface area contributed by atoms with Crippen molar-refractivity contribution in [3.8, 4) is 17.2 Å². The van der Waals surface area contributed by atoms with Crippen molar-refractivity contribution in [2.45, 2.75) is 13.0 Å². The Morgan fingerprint density at radius 3 is 2.52 bits per heavy atom. The molecule has 40 heavy (non-hydrogen) atoms. The second kappa shape index (κ2) is 12.6. The van der Waals surface area contributed by atoms with Crippen molar-refractivity contribution in [1.82, 2.24) is 14.8 Å². The number of hydrogen-bond donors (Lipinski definition) is 5. The summed E-state index contributed by atoms with van der Waals surface area (Å²) in [4.78, 5) is 27.6. The van der Waals surface area contributed by atoms with E-state index >= 15 is 0 Å². The highest BCUT2D eigenvalue weighted by Gasteiger charge is 2.23. The number of H-pyrrole nitrogens is 1. The van der Waals surface area contributed by atoms with E-state index in [0.717, 1.165) is 4.68 Å². The van der Waals surface area contributed by atoms with Gasteiger partial charge in [0.25, 0.3) is 0 Å². The first-order valence-corrected chi connectivity index (χ1v) is 12.4. The number of rotatable bonds is 13. The Kier molecular flexibility index (Phi) is 8.82. The maximum absolute atomic E-state index is 13.0. The van der Waals surface area contributed by atoms with Crippen molar-refractivity contribution in [2.75, 3.05) is 32.2 Å². The molecular formula is C28H30N6O6.